The normalized spacial score (nSPS) is 30.4. The van der Waals surface area contributed by atoms with Gasteiger partial charge in [-0.3, -0.25) is 0 Å². The molecule has 1 aromatic rings. The summed E-state index contributed by atoms with van der Waals surface area (Å²) in [6, 6.07) is 1.89. The van der Waals surface area contributed by atoms with Gasteiger partial charge in [0.1, 0.15) is 12.4 Å². The van der Waals surface area contributed by atoms with Gasteiger partial charge in [0.2, 0.25) is 0 Å². The summed E-state index contributed by atoms with van der Waals surface area (Å²) in [7, 11) is 0. The van der Waals surface area contributed by atoms with E-state index in [-0.39, 0.29) is 17.6 Å². The molecule has 2 atom stereocenters. The van der Waals surface area contributed by atoms with Crippen molar-refractivity contribution in [3.05, 3.63) is 24.2 Å². The molecule has 76 valence electrons. The number of carbonyl (C=O) groups excluding carboxylic acids is 1. The minimum absolute atomic E-state index is 0.140. The summed E-state index contributed by atoms with van der Waals surface area (Å²) in [5, 5.41) is 0. The zero-order valence-corrected chi connectivity index (χ0v) is 8.40. The van der Waals surface area contributed by atoms with Gasteiger partial charge < -0.3 is 13.9 Å². The average Bonchev–Trinajstić information content (AvgIpc) is 2.70. The van der Waals surface area contributed by atoms with Crippen LogP contribution in [0.15, 0.2) is 23.0 Å². The Morgan fingerprint density at radius 2 is 2.36 bits per heavy atom. The molecule has 0 aromatic carbocycles. The van der Waals surface area contributed by atoms with Crippen molar-refractivity contribution in [2.75, 3.05) is 0 Å². The summed E-state index contributed by atoms with van der Waals surface area (Å²) >= 11 is 0. The van der Waals surface area contributed by atoms with Gasteiger partial charge in [0.05, 0.1) is 18.1 Å². The topological polar surface area (TPSA) is 39.4 Å². The molecule has 0 N–H and O–H groups in total. The summed E-state index contributed by atoms with van der Waals surface area (Å²) in [5.41, 5.74) is 0.834. The van der Waals surface area contributed by atoms with E-state index in [0.29, 0.717) is 0 Å². The van der Waals surface area contributed by atoms with Crippen molar-refractivity contribution >= 4 is 6.29 Å². The van der Waals surface area contributed by atoms with Gasteiger partial charge in [-0.1, -0.05) is 0 Å². The van der Waals surface area contributed by atoms with Crippen LogP contribution in [0, 0.1) is 0 Å². The summed E-state index contributed by atoms with van der Waals surface area (Å²) in [4.78, 5) is 10.8. The van der Waals surface area contributed by atoms with Gasteiger partial charge in [-0.05, 0) is 31.9 Å². The predicted molar refractivity (Wildman–Crippen MR) is 51.1 cm³/mol. The number of aldehydes is 1. The van der Waals surface area contributed by atoms with Crippen LogP contribution in [0.1, 0.15) is 31.7 Å². The first-order valence-electron chi connectivity index (χ1n) is 4.77. The van der Waals surface area contributed by atoms with Crippen molar-refractivity contribution in [2.24, 2.45) is 0 Å². The Labute approximate surface area is 83.0 Å². The lowest BCUT2D eigenvalue weighted by molar-refractivity contribution is -0.121. The van der Waals surface area contributed by atoms with Crippen molar-refractivity contribution in [3.63, 3.8) is 0 Å². The third-order valence-electron chi connectivity index (χ3n) is 2.67. The standard InChI is InChI=1S/C11H14O3/c1-11(2)5-9(10(6-12)14-11)8-3-4-13-7-8/h3-4,6-7,9-10H,5H2,1-2H3/t9-,10?/m0/s1. The van der Waals surface area contributed by atoms with Crippen molar-refractivity contribution in [3.8, 4) is 0 Å². The Hall–Kier alpha value is -1.09. The molecule has 1 saturated heterocycles. The van der Waals surface area contributed by atoms with Gasteiger partial charge in [0.25, 0.3) is 0 Å². The highest BCUT2D eigenvalue weighted by Gasteiger charge is 2.41. The second-order valence-corrected chi connectivity index (χ2v) is 4.35. The molecule has 0 bridgehead atoms. The van der Waals surface area contributed by atoms with E-state index in [1.54, 1.807) is 12.5 Å². The maximum atomic E-state index is 10.8. The van der Waals surface area contributed by atoms with E-state index in [1.807, 2.05) is 19.9 Å². The Kier molecular flexibility index (Phi) is 2.19. The van der Waals surface area contributed by atoms with E-state index in [4.69, 9.17) is 9.15 Å². The third kappa shape index (κ3) is 1.60. The molecule has 0 radical (unpaired) electrons. The van der Waals surface area contributed by atoms with Crippen molar-refractivity contribution in [1.82, 2.24) is 0 Å². The van der Waals surface area contributed by atoms with Crippen LogP contribution in [0.25, 0.3) is 0 Å². The highest BCUT2D eigenvalue weighted by atomic mass is 16.5. The van der Waals surface area contributed by atoms with Crippen LogP contribution in [0.4, 0.5) is 0 Å². The fraction of sp³-hybridized carbons (Fsp3) is 0.545. The van der Waals surface area contributed by atoms with Gasteiger partial charge >= 0.3 is 0 Å². The van der Waals surface area contributed by atoms with Crippen LogP contribution >= 0.6 is 0 Å². The number of furan rings is 1. The zero-order chi connectivity index (χ0) is 10.2. The van der Waals surface area contributed by atoms with Gasteiger partial charge in [-0.2, -0.15) is 0 Å². The maximum Gasteiger partial charge on any atom is 0.149 e. The molecule has 2 rings (SSSR count). The smallest absolute Gasteiger partial charge is 0.149 e. The fourth-order valence-corrected chi connectivity index (χ4v) is 2.06. The highest BCUT2D eigenvalue weighted by molar-refractivity contribution is 5.59. The number of ether oxygens (including phenoxy) is 1. The van der Waals surface area contributed by atoms with E-state index < -0.39 is 0 Å². The van der Waals surface area contributed by atoms with E-state index >= 15 is 0 Å². The van der Waals surface area contributed by atoms with Gasteiger partial charge in [-0.25, -0.2) is 0 Å². The lowest BCUT2D eigenvalue weighted by atomic mass is 9.90. The van der Waals surface area contributed by atoms with Crippen LogP contribution in [0.5, 0.6) is 0 Å². The SMILES string of the molecule is CC1(C)C[C@@H](c2ccoc2)C(C=O)O1. The van der Waals surface area contributed by atoms with Crippen LogP contribution in [0.3, 0.4) is 0 Å². The molecule has 1 aliphatic heterocycles. The maximum absolute atomic E-state index is 10.8. The molecular formula is C11H14O3. The third-order valence-corrected chi connectivity index (χ3v) is 2.67. The molecule has 0 amide bonds. The highest BCUT2D eigenvalue weighted by Crippen LogP contribution is 2.40. The van der Waals surface area contributed by atoms with Gasteiger partial charge in [-0.15, -0.1) is 0 Å². The average molecular weight is 194 g/mol. The molecule has 2 heterocycles. The number of hydrogen-bond acceptors (Lipinski definition) is 3. The number of hydrogen-bond donors (Lipinski definition) is 0. The van der Waals surface area contributed by atoms with Crippen LogP contribution in [0.2, 0.25) is 0 Å². The first kappa shape index (κ1) is 9.46. The molecule has 1 aromatic heterocycles. The summed E-state index contributed by atoms with van der Waals surface area (Å²) < 4.78 is 10.6. The lowest BCUT2D eigenvalue weighted by Gasteiger charge is -2.16. The molecular weight excluding hydrogens is 180 g/mol. The Morgan fingerprint density at radius 1 is 1.57 bits per heavy atom. The van der Waals surface area contributed by atoms with Gasteiger partial charge in [0.15, 0.2) is 0 Å². The zero-order valence-electron chi connectivity index (χ0n) is 8.40. The lowest BCUT2D eigenvalue weighted by Crippen LogP contribution is -2.20. The monoisotopic (exact) mass is 194 g/mol. The second-order valence-electron chi connectivity index (χ2n) is 4.35. The molecule has 1 unspecified atom stereocenters. The Balaban J connectivity index is 2.23. The number of carbonyl (C=O) groups is 1. The Bertz CT molecular complexity index is 313. The summed E-state index contributed by atoms with van der Waals surface area (Å²) in [6.45, 7) is 4.01. The first-order valence-corrected chi connectivity index (χ1v) is 4.77. The van der Waals surface area contributed by atoms with Crippen LogP contribution in [-0.2, 0) is 9.53 Å². The number of rotatable bonds is 2. The molecule has 1 aliphatic rings. The van der Waals surface area contributed by atoms with Crippen molar-refractivity contribution in [1.29, 1.82) is 0 Å². The molecule has 0 spiro atoms. The van der Waals surface area contributed by atoms with Gasteiger partial charge in [0, 0.05) is 5.92 Å². The molecule has 0 aliphatic carbocycles. The van der Waals surface area contributed by atoms with E-state index in [9.17, 15) is 4.79 Å². The minimum Gasteiger partial charge on any atom is -0.472 e. The fourth-order valence-electron chi connectivity index (χ4n) is 2.06. The molecule has 14 heavy (non-hydrogen) atoms. The first-order chi connectivity index (χ1) is 6.62. The van der Waals surface area contributed by atoms with Crippen LogP contribution in [-0.4, -0.2) is 18.0 Å². The largest absolute Gasteiger partial charge is 0.472 e. The molecule has 3 heteroatoms. The summed E-state index contributed by atoms with van der Waals surface area (Å²) in [5.74, 6) is 0.140. The van der Waals surface area contributed by atoms with Crippen molar-refractivity contribution < 1.29 is 13.9 Å². The second kappa shape index (κ2) is 3.24. The van der Waals surface area contributed by atoms with Crippen LogP contribution < -0.4 is 0 Å². The molecule has 0 saturated carbocycles. The predicted octanol–water partition coefficient (Wildman–Crippen LogP) is 2.13. The Morgan fingerprint density at radius 3 is 2.93 bits per heavy atom. The molecule has 3 nitrogen and oxygen atoms in total. The van der Waals surface area contributed by atoms with Crippen molar-refractivity contribution in [2.45, 2.75) is 37.9 Å². The quantitative estimate of drug-likeness (QED) is 0.677. The van der Waals surface area contributed by atoms with E-state index in [1.165, 1.54) is 0 Å². The molecule has 1 fully saturated rings. The summed E-state index contributed by atoms with van der Waals surface area (Å²) in [6.07, 6.45) is 4.72. The van der Waals surface area contributed by atoms with E-state index in [2.05, 4.69) is 0 Å². The van der Waals surface area contributed by atoms with E-state index in [0.717, 1.165) is 18.3 Å². The minimum atomic E-state index is -0.331.